The van der Waals surface area contributed by atoms with Gasteiger partial charge >= 0.3 is 0 Å². The molecule has 3 aromatic rings. The van der Waals surface area contributed by atoms with Crippen LogP contribution in [0.2, 0.25) is 0 Å². The fourth-order valence-corrected chi connectivity index (χ4v) is 6.69. The normalized spacial score (nSPS) is 16.7. The number of thiophene rings is 1. The first kappa shape index (κ1) is 22.0. The van der Waals surface area contributed by atoms with E-state index in [2.05, 4.69) is 0 Å². The first-order valence-electron chi connectivity index (χ1n) is 10.8. The molecule has 33 heavy (non-hydrogen) atoms. The number of nitrogens with zero attached hydrogens (tertiary/aromatic N) is 3. The van der Waals surface area contributed by atoms with Crippen LogP contribution in [0.1, 0.15) is 20.8 Å². The lowest BCUT2D eigenvalue weighted by Gasteiger charge is -2.34. The van der Waals surface area contributed by atoms with Gasteiger partial charge in [0.25, 0.3) is 5.91 Å². The van der Waals surface area contributed by atoms with Crippen LogP contribution in [0.3, 0.4) is 0 Å². The summed E-state index contributed by atoms with van der Waals surface area (Å²) in [5.74, 6) is 0.935. The number of hydrogen-bond acceptors (Lipinski definition) is 6. The maximum absolute atomic E-state index is 13.5. The summed E-state index contributed by atoms with van der Waals surface area (Å²) in [4.78, 5) is 16.5. The molecule has 2 aliphatic heterocycles. The van der Waals surface area contributed by atoms with E-state index in [4.69, 9.17) is 9.47 Å². The van der Waals surface area contributed by atoms with Crippen molar-refractivity contribution in [2.24, 2.45) is 0 Å². The van der Waals surface area contributed by atoms with Crippen molar-refractivity contribution in [2.75, 3.05) is 39.4 Å². The topological polar surface area (TPSA) is 81.1 Å². The molecule has 2 aliphatic rings. The molecule has 0 unspecified atom stereocenters. The zero-order valence-corrected chi connectivity index (χ0v) is 20.1. The van der Waals surface area contributed by atoms with Gasteiger partial charge in [0, 0.05) is 49.5 Å². The number of aromatic nitrogens is 1. The monoisotopic (exact) mass is 487 g/mol. The highest BCUT2D eigenvalue weighted by Gasteiger charge is 2.33. The molecule has 1 amide bonds. The van der Waals surface area contributed by atoms with Crippen LogP contribution in [0.25, 0.3) is 5.00 Å². The van der Waals surface area contributed by atoms with Gasteiger partial charge in [-0.25, -0.2) is 8.42 Å². The lowest BCUT2D eigenvalue weighted by Crippen LogP contribution is -2.50. The molecule has 0 bridgehead atoms. The maximum Gasteiger partial charge on any atom is 0.257 e. The van der Waals surface area contributed by atoms with Crippen LogP contribution in [-0.2, 0) is 10.0 Å². The molecular weight excluding hydrogens is 462 g/mol. The SMILES string of the molecule is Cc1sc(-n2cccc2)c(C(=O)N2CCN(S(=O)(=O)c3ccc4c(c3)OCCO4)CC2)c1C. The Morgan fingerprint density at radius 2 is 1.64 bits per heavy atom. The summed E-state index contributed by atoms with van der Waals surface area (Å²) in [5.41, 5.74) is 1.66. The third kappa shape index (κ3) is 3.92. The molecule has 1 aromatic carbocycles. The number of benzene rings is 1. The van der Waals surface area contributed by atoms with Gasteiger partial charge in [-0.1, -0.05) is 0 Å². The van der Waals surface area contributed by atoms with Crippen molar-refractivity contribution in [1.82, 2.24) is 13.8 Å². The van der Waals surface area contributed by atoms with Gasteiger partial charge in [0.2, 0.25) is 10.0 Å². The standard InChI is InChI=1S/C23H25N3O5S2/c1-16-17(2)32-23(25-7-3-4-8-25)21(16)22(27)24-9-11-26(12-10-24)33(28,29)18-5-6-19-20(15-18)31-14-13-30-19/h3-8,15H,9-14H2,1-2H3. The molecule has 0 aliphatic carbocycles. The highest BCUT2D eigenvalue weighted by atomic mass is 32.2. The number of amides is 1. The van der Waals surface area contributed by atoms with Gasteiger partial charge < -0.3 is 18.9 Å². The van der Waals surface area contributed by atoms with Crippen molar-refractivity contribution in [3.63, 3.8) is 0 Å². The third-order valence-corrected chi connectivity index (χ3v) is 9.21. The quantitative estimate of drug-likeness (QED) is 0.565. The Morgan fingerprint density at radius 3 is 2.33 bits per heavy atom. The van der Waals surface area contributed by atoms with E-state index in [0.29, 0.717) is 43.4 Å². The molecule has 174 valence electrons. The summed E-state index contributed by atoms with van der Waals surface area (Å²) >= 11 is 1.59. The van der Waals surface area contributed by atoms with E-state index in [9.17, 15) is 13.2 Å². The van der Waals surface area contributed by atoms with Gasteiger partial charge in [-0.05, 0) is 43.7 Å². The molecule has 4 heterocycles. The van der Waals surface area contributed by atoms with E-state index in [1.165, 1.54) is 10.4 Å². The minimum Gasteiger partial charge on any atom is -0.486 e. The summed E-state index contributed by atoms with van der Waals surface area (Å²) < 4.78 is 40.8. The second-order valence-corrected chi connectivity index (χ2v) is 11.2. The fraction of sp³-hybridized carbons (Fsp3) is 0.348. The Balaban J connectivity index is 1.33. The van der Waals surface area contributed by atoms with E-state index in [0.717, 1.165) is 15.4 Å². The van der Waals surface area contributed by atoms with E-state index in [1.807, 2.05) is 42.9 Å². The summed E-state index contributed by atoms with van der Waals surface area (Å²) in [5, 5.41) is 0.895. The Hall–Kier alpha value is -2.82. The summed E-state index contributed by atoms with van der Waals surface area (Å²) in [6.45, 7) is 5.97. The van der Waals surface area contributed by atoms with E-state index in [1.54, 1.807) is 28.4 Å². The van der Waals surface area contributed by atoms with Crippen molar-refractivity contribution in [3.05, 3.63) is 58.7 Å². The molecule has 1 fully saturated rings. The minimum atomic E-state index is -3.70. The van der Waals surface area contributed by atoms with Gasteiger partial charge in [0.15, 0.2) is 11.5 Å². The first-order valence-corrected chi connectivity index (χ1v) is 13.0. The Morgan fingerprint density at radius 1 is 0.970 bits per heavy atom. The lowest BCUT2D eigenvalue weighted by atomic mass is 10.1. The summed E-state index contributed by atoms with van der Waals surface area (Å²) in [7, 11) is -3.70. The zero-order valence-electron chi connectivity index (χ0n) is 18.5. The fourth-order valence-electron chi connectivity index (χ4n) is 4.14. The summed E-state index contributed by atoms with van der Waals surface area (Å²) in [6.07, 6.45) is 3.86. The Labute approximate surface area is 197 Å². The van der Waals surface area contributed by atoms with E-state index in [-0.39, 0.29) is 23.9 Å². The van der Waals surface area contributed by atoms with Crippen LogP contribution < -0.4 is 9.47 Å². The number of piperazine rings is 1. The molecular formula is C23H25N3O5S2. The largest absolute Gasteiger partial charge is 0.486 e. The molecule has 0 atom stereocenters. The average molecular weight is 488 g/mol. The Kier molecular flexibility index (Phi) is 5.67. The van der Waals surface area contributed by atoms with Crippen molar-refractivity contribution >= 4 is 27.3 Å². The number of rotatable bonds is 4. The second-order valence-electron chi connectivity index (χ2n) is 8.06. The van der Waals surface area contributed by atoms with E-state index < -0.39 is 10.0 Å². The van der Waals surface area contributed by atoms with Crippen molar-refractivity contribution < 1.29 is 22.7 Å². The number of carbonyl (C=O) groups excluding carboxylic acids is 1. The van der Waals surface area contributed by atoms with Crippen LogP contribution in [0.15, 0.2) is 47.6 Å². The van der Waals surface area contributed by atoms with Crippen molar-refractivity contribution in [1.29, 1.82) is 0 Å². The van der Waals surface area contributed by atoms with Crippen molar-refractivity contribution in [2.45, 2.75) is 18.7 Å². The molecule has 0 spiro atoms. The maximum atomic E-state index is 13.5. The molecule has 0 radical (unpaired) electrons. The second kappa shape index (κ2) is 8.51. The number of fused-ring (bicyclic) bond motifs is 1. The van der Waals surface area contributed by atoms with Gasteiger partial charge in [0.1, 0.15) is 18.2 Å². The molecule has 0 N–H and O–H groups in total. The van der Waals surface area contributed by atoms with Crippen LogP contribution in [0.5, 0.6) is 11.5 Å². The zero-order chi connectivity index (χ0) is 23.2. The lowest BCUT2D eigenvalue weighted by molar-refractivity contribution is 0.0697. The van der Waals surface area contributed by atoms with Gasteiger partial charge in [-0.2, -0.15) is 4.31 Å². The predicted octanol–water partition coefficient (Wildman–Crippen LogP) is 3.07. The highest BCUT2D eigenvalue weighted by Crippen LogP contribution is 2.34. The molecule has 0 saturated carbocycles. The molecule has 2 aromatic heterocycles. The number of aryl methyl sites for hydroxylation is 1. The third-order valence-electron chi connectivity index (χ3n) is 6.10. The van der Waals surface area contributed by atoms with Gasteiger partial charge in [-0.15, -0.1) is 11.3 Å². The number of ether oxygens (including phenoxy) is 2. The minimum absolute atomic E-state index is 0.0584. The molecule has 8 nitrogen and oxygen atoms in total. The van der Waals surface area contributed by atoms with Crippen LogP contribution in [0, 0.1) is 13.8 Å². The van der Waals surface area contributed by atoms with Gasteiger partial charge in [-0.3, -0.25) is 4.79 Å². The molecule has 1 saturated heterocycles. The Bertz CT molecular complexity index is 1290. The average Bonchev–Trinajstić information content (AvgIpc) is 3.47. The molecule has 10 heteroatoms. The van der Waals surface area contributed by atoms with Gasteiger partial charge in [0.05, 0.1) is 10.5 Å². The van der Waals surface area contributed by atoms with Crippen LogP contribution >= 0.6 is 11.3 Å². The number of carbonyl (C=O) groups is 1. The number of sulfonamides is 1. The predicted molar refractivity (Wildman–Crippen MR) is 125 cm³/mol. The number of hydrogen-bond donors (Lipinski definition) is 0. The van der Waals surface area contributed by atoms with Crippen LogP contribution in [-0.4, -0.2) is 67.5 Å². The summed E-state index contributed by atoms with van der Waals surface area (Å²) in [6, 6.07) is 8.55. The van der Waals surface area contributed by atoms with Crippen molar-refractivity contribution in [3.8, 4) is 16.5 Å². The highest BCUT2D eigenvalue weighted by molar-refractivity contribution is 7.89. The first-order chi connectivity index (χ1) is 15.9. The van der Waals surface area contributed by atoms with Crippen LogP contribution in [0.4, 0.5) is 0 Å². The smallest absolute Gasteiger partial charge is 0.257 e. The van der Waals surface area contributed by atoms with E-state index >= 15 is 0 Å². The molecule has 5 rings (SSSR count).